The number of amides is 2. The Bertz CT molecular complexity index is 372. The largest absolute Gasteiger partial charge is 0.481 e. The van der Waals surface area contributed by atoms with E-state index in [1.807, 2.05) is 4.90 Å². The van der Waals surface area contributed by atoms with E-state index in [9.17, 15) is 14.7 Å². The lowest BCUT2D eigenvalue weighted by molar-refractivity contribution is -0.143. The van der Waals surface area contributed by atoms with Crippen LogP contribution in [0.2, 0.25) is 0 Å². The van der Waals surface area contributed by atoms with Crippen molar-refractivity contribution in [1.82, 2.24) is 10.2 Å². The van der Waals surface area contributed by atoms with Gasteiger partial charge in [-0.2, -0.15) is 0 Å². The number of piperidine rings is 1. The molecular formula is C15H26N2O3. The van der Waals surface area contributed by atoms with Crippen molar-refractivity contribution in [2.75, 3.05) is 6.54 Å². The molecule has 4 atom stereocenters. The van der Waals surface area contributed by atoms with Gasteiger partial charge in [-0.25, -0.2) is 4.79 Å². The number of carbonyl (C=O) groups is 2. The van der Waals surface area contributed by atoms with Gasteiger partial charge >= 0.3 is 12.0 Å². The lowest BCUT2D eigenvalue weighted by Crippen LogP contribution is -2.54. The summed E-state index contributed by atoms with van der Waals surface area (Å²) in [4.78, 5) is 25.5. The fraction of sp³-hybridized carbons (Fsp3) is 0.867. The number of aliphatic carboxylic acids is 1. The Morgan fingerprint density at radius 3 is 2.50 bits per heavy atom. The van der Waals surface area contributed by atoms with Crippen LogP contribution in [0.3, 0.4) is 0 Å². The van der Waals surface area contributed by atoms with E-state index in [0.29, 0.717) is 12.3 Å². The highest BCUT2D eigenvalue weighted by molar-refractivity contribution is 5.77. The fourth-order valence-electron chi connectivity index (χ4n) is 3.55. The lowest BCUT2D eigenvalue weighted by atomic mass is 9.84. The Hall–Kier alpha value is -1.26. The molecular weight excluding hydrogens is 256 g/mol. The molecule has 1 saturated carbocycles. The average Bonchev–Trinajstić information content (AvgIpc) is 2.38. The quantitative estimate of drug-likeness (QED) is 0.817. The van der Waals surface area contributed by atoms with Crippen molar-refractivity contribution in [2.24, 2.45) is 11.8 Å². The highest BCUT2D eigenvalue weighted by Crippen LogP contribution is 2.26. The third kappa shape index (κ3) is 3.44. The Balaban J connectivity index is 1.94. The maximum Gasteiger partial charge on any atom is 0.317 e. The second-order valence-electron chi connectivity index (χ2n) is 6.46. The molecule has 1 saturated heterocycles. The first-order chi connectivity index (χ1) is 9.49. The lowest BCUT2D eigenvalue weighted by Gasteiger charge is -2.38. The maximum absolute atomic E-state index is 12.4. The molecule has 1 heterocycles. The average molecular weight is 282 g/mol. The van der Waals surface area contributed by atoms with Crippen molar-refractivity contribution in [3.63, 3.8) is 0 Å². The van der Waals surface area contributed by atoms with Crippen LogP contribution in [0.5, 0.6) is 0 Å². The summed E-state index contributed by atoms with van der Waals surface area (Å²) in [6.07, 6.45) is 5.46. The van der Waals surface area contributed by atoms with Gasteiger partial charge in [0.1, 0.15) is 0 Å². The molecule has 0 spiro atoms. The van der Waals surface area contributed by atoms with Gasteiger partial charge in [-0.05, 0) is 38.5 Å². The summed E-state index contributed by atoms with van der Waals surface area (Å²) in [7, 11) is 0. The number of rotatable bonds is 2. The van der Waals surface area contributed by atoms with E-state index in [2.05, 4.69) is 19.2 Å². The van der Waals surface area contributed by atoms with Gasteiger partial charge in [0.2, 0.25) is 0 Å². The number of nitrogens with zero attached hydrogens (tertiary/aromatic N) is 1. The number of hydrogen-bond acceptors (Lipinski definition) is 2. The third-order valence-electron chi connectivity index (χ3n) is 4.79. The van der Waals surface area contributed by atoms with Gasteiger partial charge in [0, 0.05) is 18.6 Å². The second kappa shape index (κ2) is 6.46. The summed E-state index contributed by atoms with van der Waals surface area (Å²) in [5.41, 5.74) is 0. The van der Waals surface area contributed by atoms with Crippen molar-refractivity contribution >= 4 is 12.0 Å². The van der Waals surface area contributed by atoms with Crippen LogP contribution in [0.1, 0.15) is 52.4 Å². The van der Waals surface area contributed by atoms with Gasteiger partial charge in [-0.15, -0.1) is 0 Å². The molecule has 0 aromatic heterocycles. The molecule has 2 fully saturated rings. The molecule has 5 nitrogen and oxygen atoms in total. The van der Waals surface area contributed by atoms with Gasteiger partial charge in [0.25, 0.3) is 0 Å². The minimum Gasteiger partial charge on any atom is -0.481 e. The molecule has 5 heteroatoms. The van der Waals surface area contributed by atoms with Crippen molar-refractivity contribution in [3.05, 3.63) is 0 Å². The topological polar surface area (TPSA) is 69.6 Å². The van der Waals surface area contributed by atoms with Crippen LogP contribution in [0, 0.1) is 11.8 Å². The number of carbonyl (C=O) groups excluding carboxylic acids is 1. The minimum absolute atomic E-state index is 0.0810. The SMILES string of the molecule is CC1CCN(C(=O)NC2CCCCC2C(=O)O)C(C)C1. The number of carboxylic acids is 1. The molecule has 2 amide bonds. The normalized spacial score (nSPS) is 34.6. The molecule has 0 radical (unpaired) electrons. The van der Waals surface area contributed by atoms with Gasteiger partial charge < -0.3 is 15.3 Å². The first-order valence-electron chi connectivity index (χ1n) is 7.79. The van der Waals surface area contributed by atoms with Crippen LogP contribution in [0.15, 0.2) is 0 Å². The van der Waals surface area contributed by atoms with Gasteiger partial charge in [0.05, 0.1) is 5.92 Å². The molecule has 0 aromatic carbocycles. The molecule has 4 unspecified atom stereocenters. The third-order valence-corrected chi connectivity index (χ3v) is 4.79. The maximum atomic E-state index is 12.4. The zero-order valence-corrected chi connectivity index (χ0v) is 12.5. The first-order valence-corrected chi connectivity index (χ1v) is 7.79. The van der Waals surface area contributed by atoms with Crippen LogP contribution in [-0.2, 0) is 4.79 Å². The standard InChI is InChI=1S/C15H26N2O3/c1-10-7-8-17(11(2)9-10)15(20)16-13-6-4-3-5-12(13)14(18)19/h10-13H,3-9H2,1-2H3,(H,16,20)(H,18,19). The van der Waals surface area contributed by atoms with Gasteiger partial charge in [-0.3, -0.25) is 4.79 Å². The summed E-state index contributed by atoms with van der Waals surface area (Å²) in [6.45, 7) is 5.07. The van der Waals surface area contributed by atoms with E-state index >= 15 is 0 Å². The minimum atomic E-state index is -0.782. The fourth-order valence-corrected chi connectivity index (χ4v) is 3.55. The van der Waals surface area contributed by atoms with E-state index in [4.69, 9.17) is 0 Å². The van der Waals surface area contributed by atoms with Crippen LogP contribution < -0.4 is 5.32 Å². The predicted octanol–water partition coefficient (Wildman–Crippen LogP) is 2.46. The Morgan fingerprint density at radius 2 is 1.85 bits per heavy atom. The number of carboxylic acid groups (broad SMARTS) is 1. The van der Waals surface area contributed by atoms with Crippen LogP contribution in [0.4, 0.5) is 4.79 Å². The summed E-state index contributed by atoms with van der Waals surface area (Å²) in [5.74, 6) is -0.544. The second-order valence-corrected chi connectivity index (χ2v) is 6.46. The Labute approximate surface area is 120 Å². The Morgan fingerprint density at radius 1 is 1.15 bits per heavy atom. The summed E-state index contributed by atoms with van der Waals surface area (Å²) in [6, 6.07) is -0.0477. The first kappa shape index (κ1) is 15.1. The van der Waals surface area contributed by atoms with Gasteiger partial charge in [-0.1, -0.05) is 19.8 Å². The van der Waals surface area contributed by atoms with Crippen molar-refractivity contribution in [2.45, 2.75) is 64.5 Å². The summed E-state index contributed by atoms with van der Waals surface area (Å²) < 4.78 is 0. The molecule has 1 aliphatic carbocycles. The van der Waals surface area contributed by atoms with E-state index in [0.717, 1.165) is 38.6 Å². The molecule has 2 N–H and O–H groups in total. The number of likely N-dealkylation sites (tertiary alicyclic amines) is 1. The smallest absolute Gasteiger partial charge is 0.317 e. The van der Waals surface area contributed by atoms with Crippen LogP contribution in [0.25, 0.3) is 0 Å². The molecule has 114 valence electrons. The highest BCUT2D eigenvalue weighted by atomic mass is 16.4. The zero-order chi connectivity index (χ0) is 14.7. The molecule has 0 bridgehead atoms. The van der Waals surface area contributed by atoms with Crippen molar-refractivity contribution < 1.29 is 14.7 Å². The van der Waals surface area contributed by atoms with Crippen LogP contribution in [-0.4, -0.2) is 40.6 Å². The number of urea groups is 1. The van der Waals surface area contributed by atoms with E-state index in [-0.39, 0.29) is 18.1 Å². The van der Waals surface area contributed by atoms with E-state index < -0.39 is 11.9 Å². The van der Waals surface area contributed by atoms with E-state index in [1.54, 1.807) is 0 Å². The van der Waals surface area contributed by atoms with Crippen LogP contribution >= 0.6 is 0 Å². The monoisotopic (exact) mass is 282 g/mol. The molecule has 1 aliphatic heterocycles. The highest BCUT2D eigenvalue weighted by Gasteiger charge is 2.34. The predicted molar refractivity (Wildman–Crippen MR) is 76.5 cm³/mol. The molecule has 0 aromatic rings. The van der Waals surface area contributed by atoms with E-state index in [1.165, 1.54) is 0 Å². The molecule has 2 aliphatic rings. The summed E-state index contributed by atoms with van der Waals surface area (Å²) in [5, 5.41) is 12.2. The van der Waals surface area contributed by atoms with Crippen molar-refractivity contribution in [1.29, 1.82) is 0 Å². The summed E-state index contributed by atoms with van der Waals surface area (Å²) >= 11 is 0. The van der Waals surface area contributed by atoms with Crippen molar-refractivity contribution in [3.8, 4) is 0 Å². The van der Waals surface area contributed by atoms with Gasteiger partial charge in [0.15, 0.2) is 0 Å². The Kier molecular flexibility index (Phi) is 4.89. The molecule has 20 heavy (non-hydrogen) atoms. The molecule has 2 rings (SSSR count). The number of nitrogens with one attached hydrogen (secondary N) is 1. The number of hydrogen-bond donors (Lipinski definition) is 2. The zero-order valence-electron chi connectivity index (χ0n) is 12.5.